The zero-order valence-corrected chi connectivity index (χ0v) is 12.6. The molecule has 1 aromatic heterocycles. The molecular weight excluding hydrogens is 258 g/mol. The molecule has 0 unspecified atom stereocenters. The fourth-order valence-electron chi connectivity index (χ4n) is 2.23. The van der Waals surface area contributed by atoms with Gasteiger partial charge in [0.1, 0.15) is 0 Å². The zero-order chi connectivity index (χ0) is 13.7. The SMILES string of the molecule is CO[Si](CCc1cccc2ncccc12)(OC)OC. The van der Waals surface area contributed by atoms with Crippen LogP contribution in [0, 0.1) is 0 Å². The minimum atomic E-state index is -2.51. The van der Waals surface area contributed by atoms with E-state index in [9.17, 15) is 0 Å². The normalized spacial score (nSPS) is 11.9. The van der Waals surface area contributed by atoms with Crippen molar-refractivity contribution < 1.29 is 13.3 Å². The number of pyridine rings is 1. The van der Waals surface area contributed by atoms with Gasteiger partial charge in [0.25, 0.3) is 0 Å². The van der Waals surface area contributed by atoms with E-state index < -0.39 is 8.80 Å². The summed E-state index contributed by atoms with van der Waals surface area (Å²) in [5, 5.41) is 1.18. The highest BCUT2D eigenvalue weighted by Crippen LogP contribution is 2.22. The Morgan fingerprint density at radius 1 is 1.00 bits per heavy atom. The molecule has 102 valence electrons. The standard InChI is InChI=1S/C14H19NO3Si/c1-16-19(17-2,18-3)11-9-12-6-4-8-14-13(12)7-5-10-15-14/h4-8,10H,9,11H2,1-3H3. The molecule has 0 amide bonds. The zero-order valence-electron chi connectivity index (χ0n) is 11.6. The summed E-state index contributed by atoms with van der Waals surface area (Å²) in [6.07, 6.45) is 2.66. The van der Waals surface area contributed by atoms with E-state index in [1.54, 1.807) is 21.3 Å². The Hall–Kier alpha value is -1.27. The molecule has 0 radical (unpaired) electrons. The van der Waals surface area contributed by atoms with Crippen molar-refractivity contribution >= 4 is 19.7 Å². The topological polar surface area (TPSA) is 40.6 Å². The molecule has 19 heavy (non-hydrogen) atoms. The Bertz CT molecular complexity index is 529. The summed E-state index contributed by atoms with van der Waals surface area (Å²) >= 11 is 0. The second-order valence-corrected chi connectivity index (χ2v) is 7.37. The molecule has 2 aromatic rings. The lowest BCUT2D eigenvalue weighted by atomic mass is 10.1. The van der Waals surface area contributed by atoms with Crippen LogP contribution < -0.4 is 0 Å². The lowest BCUT2D eigenvalue weighted by Gasteiger charge is -2.24. The maximum Gasteiger partial charge on any atom is 0.500 e. The first kappa shape index (κ1) is 14.1. The van der Waals surface area contributed by atoms with Crippen LogP contribution >= 0.6 is 0 Å². The molecule has 0 saturated carbocycles. The molecule has 5 heteroatoms. The van der Waals surface area contributed by atoms with Gasteiger partial charge >= 0.3 is 8.80 Å². The van der Waals surface area contributed by atoms with Gasteiger partial charge in [-0.1, -0.05) is 18.2 Å². The summed E-state index contributed by atoms with van der Waals surface area (Å²) in [5.74, 6) is 0. The summed E-state index contributed by atoms with van der Waals surface area (Å²) < 4.78 is 16.3. The molecule has 0 aliphatic heterocycles. The van der Waals surface area contributed by atoms with E-state index in [0.29, 0.717) is 0 Å². The molecule has 0 aliphatic carbocycles. The maximum atomic E-state index is 5.45. The Morgan fingerprint density at radius 3 is 2.42 bits per heavy atom. The third kappa shape index (κ3) is 3.01. The molecule has 0 atom stereocenters. The van der Waals surface area contributed by atoms with Gasteiger partial charge < -0.3 is 13.3 Å². The fraction of sp³-hybridized carbons (Fsp3) is 0.357. The van der Waals surface area contributed by atoms with Crippen LogP contribution in [0.3, 0.4) is 0 Å². The fourth-order valence-corrected chi connectivity index (χ4v) is 3.92. The van der Waals surface area contributed by atoms with Gasteiger partial charge in [-0.25, -0.2) is 0 Å². The van der Waals surface area contributed by atoms with E-state index in [0.717, 1.165) is 18.0 Å². The van der Waals surface area contributed by atoms with Gasteiger partial charge in [-0.05, 0) is 24.1 Å². The second-order valence-electron chi connectivity index (χ2n) is 4.28. The highest BCUT2D eigenvalue weighted by molar-refractivity contribution is 6.60. The van der Waals surface area contributed by atoms with Gasteiger partial charge in [0.05, 0.1) is 5.52 Å². The van der Waals surface area contributed by atoms with Crippen LogP contribution in [0.15, 0.2) is 36.5 Å². The minimum absolute atomic E-state index is 0.754. The molecule has 0 fully saturated rings. The third-order valence-electron chi connectivity index (χ3n) is 3.37. The number of hydrogen-bond acceptors (Lipinski definition) is 4. The van der Waals surface area contributed by atoms with Gasteiger partial charge in [0, 0.05) is 39.0 Å². The molecule has 4 nitrogen and oxygen atoms in total. The summed E-state index contributed by atoms with van der Waals surface area (Å²) in [6.45, 7) is 0. The van der Waals surface area contributed by atoms with E-state index in [1.807, 2.05) is 24.4 Å². The molecule has 0 spiro atoms. The van der Waals surface area contributed by atoms with Crippen molar-refractivity contribution in [1.29, 1.82) is 0 Å². The Kier molecular flexibility index (Phi) is 4.65. The van der Waals surface area contributed by atoms with Crippen LogP contribution in [0.4, 0.5) is 0 Å². The van der Waals surface area contributed by atoms with Crippen molar-refractivity contribution in [3.63, 3.8) is 0 Å². The van der Waals surface area contributed by atoms with Gasteiger partial charge in [-0.3, -0.25) is 4.98 Å². The first-order valence-electron chi connectivity index (χ1n) is 6.23. The first-order valence-corrected chi connectivity index (χ1v) is 8.16. The number of nitrogens with zero attached hydrogens (tertiary/aromatic N) is 1. The van der Waals surface area contributed by atoms with E-state index in [4.69, 9.17) is 13.3 Å². The maximum absolute atomic E-state index is 5.45. The van der Waals surface area contributed by atoms with Gasteiger partial charge in [0.15, 0.2) is 0 Å². The predicted octanol–water partition coefficient (Wildman–Crippen LogP) is 2.66. The molecule has 1 heterocycles. The Labute approximate surface area is 114 Å². The minimum Gasteiger partial charge on any atom is -0.377 e. The average Bonchev–Trinajstić information content (AvgIpc) is 2.49. The van der Waals surface area contributed by atoms with Crippen molar-refractivity contribution in [3.05, 3.63) is 42.1 Å². The molecule has 0 aliphatic rings. The molecule has 0 bridgehead atoms. The van der Waals surface area contributed by atoms with Crippen LogP contribution in [0.2, 0.25) is 6.04 Å². The van der Waals surface area contributed by atoms with Crippen LogP contribution in [-0.2, 0) is 19.7 Å². The van der Waals surface area contributed by atoms with Crippen LogP contribution in [0.25, 0.3) is 10.9 Å². The van der Waals surface area contributed by atoms with E-state index >= 15 is 0 Å². The Morgan fingerprint density at radius 2 is 1.74 bits per heavy atom. The largest absolute Gasteiger partial charge is 0.500 e. The summed E-state index contributed by atoms with van der Waals surface area (Å²) in [6, 6.07) is 11.0. The molecular formula is C14H19NO3Si. The molecule has 1 aromatic carbocycles. The van der Waals surface area contributed by atoms with Crippen LogP contribution in [0.5, 0.6) is 0 Å². The van der Waals surface area contributed by atoms with Crippen molar-refractivity contribution in [1.82, 2.24) is 4.98 Å². The number of hydrogen-bond donors (Lipinski definition) is 0. The van der Waals surface area contributed by atoms with Crippen molar-refractivity contribution in [2.24, 2.45) is 0 Å². The molecule has 0 saturated heterocycles. The molecule has 2 rings (SSSR count). The summed E-state index contributed by atoms with van der Waals surface area (Å²) in [4.78, 5) is 4.36. The number of aromatic nitrogens is 1. The van der Waals surface area contributed by atoms with E-state index in [1.165, 1.54) is 10.9 Å². The quantitative estimate of drug-likeness (QED) is 0.761. The van der Waals surface area contributed by atoms with Crippen molar-refractivity contribution in [3.8, 4) is 0 Å². The van der Waals surface area contributed by atoms with Crippen LogP contribution in [0.1, 0.15) is 5.56 Å². The molecule has 0 N–H and O–H groups in total. The number of aryl methyl sites for hydroxylation is 1. The lowest BCUT2D eigenvalue weighted by molar-refractivity contribution is 0.124. The van der Waals surface area contributed by atoms with Gasteiger partial charge in [-0.2, -0.15) is 0 Å². The number of rotatable bonds is 6. The monoisotopic (exact) mass is 277 g/mol. The van der Waals surface area contributed by atoms with Gasteiger partial charge in [-0.15, -0.1) is 0 Å². The van der Waals surface area contributed by atoms with Crippen molar-refractivity contribution in [2.75, 3.05) is 21.3 Å². The Balaban J connectivity index is 2.22. The first-order chi connectivity index (χ1) is 9.24. The highest BCUT2D eigenvalue weighted by Gasteiger charge is 2.37. The number of benzene rings is 1. The number of fused-ring (bicyclic) bond motifs is 1. The van der Waals surface area contributed by atoms with E-state index in [2.05, 4.69) is 17.1 Å². The predicted molar refractivity (Wildman–Crippen MR) is 77.0 cm³/mol. The smallest absolute Gasteiger partial charge is 0.377 e. The summed E-state index contributed by atoms with van der Waals surface area (Å²) in [5.41, 5.74) is 2.26. The van der Waals surface area contributed by atoms with E-state index in [-0.39, 0.29) is 0 Å². The lowest BCUT2D eigenvalue weighted by Crippen LogP contribution is -2.43. The van der Waals surface area contributed by atoms with Crippen molar-refractivity contribution in [2.45, 2.75) is 12.5 Å². The highest BCUT2D eigenvalue weighted by atomic mass is 28.4. The summed E-state index contributed by atoms with van der Waals surface area (Å²) in [7, 11) is 2.42. The van der Waals surface area contributed by atoms with Crippen LogP contribution in [-0.4, -0.2) is 35.1 Å². The van der Waals surface area contributed by atoms with Gasteiger partial charge in [0.2, 0.25) is 0 Å². The average molecular weight is 277 g/mol. The second kappa shape index (κ2) is 6.25. The third-order valence-corrected chi connectivity index (χ3v) is 6.10.